The van der Waals surface area contributed by atoms with Gasteiger partial charge in [0.1, 0.15) is 11.6 Å². The minimum absolute atomic E-state index is 0.538. The maximum atomic E-state index is 5.84. The van der Waals surface area contributed by atoms with E-state index >= 15 is 0 Å². The van der Waals surface area contributed by atoms with Crippen LogP contribution in [-0.2, 0) is 5.75 Å². The van der Waals surface area contributed by atoms with Crippen molar-refractivity contribution in [2.75, 3.05) is 11.5 Å². The molecule has 0 bridgehead atoms. The zero-order valence-electron chi connectivity index (χ0n) is 10.5. The van der Waals surface area contributed by atoms with Crippen molar-refractivity contribution in [1.29, 1.82) is 0 Å². The summed E-state index contributed by atoms with van der Waals surface area (Å²) in [7, 11) is 0. The summed E-state index contributed by atoms with van der Waals surface area (Å²) in [6.07, 6.45) is 1.17. The molecule has 1 aromatic heterocycles. The number of nitrogens with two attached hydrogens (primary N) is 1. The highest BCUT2D eigenvalue weighted by Gasteiger charge is 2.04. The minimum atomic E-state index is 0.538. The van der Waals surface area contributed by atoms with Crippen molar-refractivity contribution in [3.8, 4) is 11.3 Å². The molecule has 2 aromatic rings. The Hall–Kier alpha value is -1.55. The van der Waals surface area contributed by atoms with E-state index in [0.717, 1.165) is 28.6 Å². The molecule has 3 nitrogen and oxygen atoms in total. The fourth-order valence-corrected chi connectivity index (χ4v) is 2.39. The van der Waals surface area contributed by atoms with Crippen LogP contribution in [0.2, 0.25) is 0 Å². The Morgan fingerprint density at radius 3 is 2.67 bits per heavy atom. The Morgan fingerprint density at radius 1 is 1.17 bits per heavy atom. The van der Waals surface area contributed by atoms with E-state index in [2.05, 4.69) is 16.9 Å². The first-order chi connectivity index (χ1) is 8.79. The highest BCUT2D eigenvalue weighted by molar-refractivity contribution is 7.98. The van der Waals surface area contributed by atoms with Gasteiger partial charge in [0.15, 0.2) is 0 Å². The average molecular weight is 259 g/mol. The van der Waals surface area contributed by atoms with E-state index in [0.29, 0.717) is 5.82 Å². The van der Waals surface area contributed by atoms with Gasteiger partial charge in [0.25, 0.3) is 0 Å². The molecule has 2 N–H and O–H groups in total. The smallest absolute Gasteiger partial charge is 0.141 e. The van der Waals surface area contributed by atoms with E-state index in [-0.39, 0.29) is 0 Å². The lowest BCUT2D eigenvalue weighted by Crippen LogP contribution is -2.00. The molecule has 0 atom stereocenters. The predicted octanol–water partition coefficient (Wildman–Crippen LogP) is 3.37. The summed E-state index contributed by atoms with van der Waals surface area (Å²) in [5, 5.41) is 0. The zero-order valence-corrected chi connectivity index (χ0v) is 11.3. The monoisotopic (exact) mass is 259 g/mol. The van der Waals surface area contributed by atoms with Crippen molar-refractivity contribution < 1.29 is 0 Å². The van der Waals surface area contributed by atoms with Crippen molar-refractivity contribution in [3.05, 3.63) is 42.2 Å². The second-order valence-electron chi connectivity index (χ2n) is 4.01. The Morgan fingerprint density at radius 2 is 1.94 bits per heavy atom. The number of thioether (sulfide) groups is 1. The first kappa shape index (κ1) is 12.9. The van der Waals surface area contributed by atoms with Crippen LogP contribution in [0.5, 0.6) is 0 Å². The predicted molar refractivity (Wildman–Crippen MR) is 78.3 cm³/mol. The van der Waals surface area contributed by atoms with Crippen LogP contribution in [0.15, 0.2) is 36.4 Å². The molecule has 0 saturated carbocycles. The first-order valence-corrected chi connectivity index (χ1v) is 7.21. The van der Waals surface area contributed by atoms with Gasteiger partial charge < -0.3 is 5.73 Å². The van der Waals surface area contributed by atoms with Gasteiger partial charge in [0.2, 0.25) is 0 Å². The third-order valence-electron chi connectivity index (χ3n) is 2.44. The van der Waals surface area contributed by atoms with Gasteiger partial charge in [-0.3, -0.25) is 0 Å². The van der Waals surface area contributed by atoms with Crippen molar-refractivity contribution >= 4 is 17.6 Å². The summed E-state index contributed by atoms with van der Waals surface area (Å²) in [5.74, 6) is 3.29. The summed E-state index contributed by atoms with van der Waals surface area (Å²) < 4.78 is 0. The molecule has 2 rings (SSSR count). The van der Waals surface area contributed by atoms with Crippen LogP contribution in [0.1, 0.15) is 19.2 Å². The van der Waals surface area contributed by atoms with Crippen LogP contribution >= 0.6 is 11.8 Å². The molecule has 0 saturated heterocycles. The van der Waals surface area contributed by atoms with Crippen molar-refractivity contribution in [2.45, 2.75) is 19.1 Å². The average Bonchev–Trinajstić information content (AvgIpc) is 2.39. The zero-order chi connectivity index (χ0) is 12.8. The summed E-state index contributed by atoms with van der Waals surface area (Å²) in [6.45, 7) is 2.17. The van der Waals surface area contributed by atoms with Gasteiger partial charge in [-0.1, -0.05) is 37.3 Å². The van der Waals surface area contributed by atoms with Crippen LogP contribution in [0.25, 0.3) is 11.3 Å². The Balaban J connectivity index is 2.21. The third kappa shape index (κ3) is 3.47. The minimum Gasteiger partial charge on any atom is -0.384 e. The lowest BCUT2D eigenvalue weighted by atomic mass is 10.1. The van der Waals surface area contributed by atoms with Gasteiger partial charge in [-0.15, -0.1) is 0 Å². The molecule has 1 heterocycles. The second-order valence-corrected chi connectivity index (χ2v) is 5.12. The summed E-state index contributed by atoms with van der Waals surface area (Å²) in [6, 6.07) is 11.9. The Labute approximate surface area is 112 Å². The molecule has 0 radical (unpaired) electrons. The normalized spacial score (nSPS) is 10.5. The van der Waals surface area contributed by atoms with E-state index in [1.807, 2.05) is 48.2 Å². The molecule has 0 amide bonds. The van der Waals surface area contributed by atoms with E-state index in [4.69, 9.17) is 5.73 Å². The SMILES string of the molecule is CCCSCc1nc(N)cc(-c2ccccc2)n1. The molecule has 18 heavy (non-hydrogen) atoms. The molecule has 1 aromatic carbocycles. The molecular weight excluding hydrogens is 242 g/mol. The number of hydrogen-bond acceptors (Lipinski definition) is 4. The molecule has 0 spiro atoms. The molecule has 0 aliphatic rings. The highest BCUT2D eigenvalue weighted by atomic mass is 32.2. The standard InChI is InChI=1S/C14H17N3S/c1-2-8-18-10-14-16-12(9-13(15)17-14)11-6-4-3-5-7-11/h3-7,9H,2,8,10H2,1H3,(H2,15,16,17). The summed E-state index contributed by atoms with van der Waals surface area (Å²) in [4.78, 5) is 8.84. The largest absolute Gasteiger partial charge is 0.384 e. The van der Waals surface area contributed by atoms with Gasteiger partial charge in [-0.25, -0.2) is 9.97 Å². The molecule has 0 aliphatic heterocycles. The topological polar surface area (TPSA) is 51.8 Å². The molecule has 0 aliphatic carbocycles. The fraction of sp³-hybridized carbons (Fsp3) is 0.286. The summed E-state index contributed by atoms with van der Waals surface area (Å²) >= 11 is 1.84. The maximum Gasteiger partial charge on any atom is 0.141 e. The lowest BCUT2D eigenvalue weighted by Gasteiger charge is -2.05. The second kappa shape index (κ2) is 6.40. The number of aromatic nitrogens is 2. The first-order valence-electron chi connectivity index (χ1n) is 6.06. The van der Waals surface area contributed by atoms with Crippen molar-refractivity contribution in [3.63, 3.8) is 0 Å². The quantitative estimate of drug-likeness (QED) is 0.836. The molecule has 4 heteroatoms. The van der Waals surface area contributed by atoms with E-state index in [1.54, 1.807) is 0 Å². The van der Waals surface area contributed by atoms with E-state index in [1.165, 1.54) is 6.42 Å². The lowest BCUT2D eigenvalue weighted by molar-refractivity contribution is 1.04. The van der Waals surface area contributed by atoms with Crippen molar-refractivity contribution in [1.82, 2.24) is 9.97 Å². The number of nitrogen functional groups attached to an aromatic ring is 1. The number of rotatable bonds is 5. The van der Waals surface area contributed by atoms with Crippen LogP contribution < -0.4 is 5.73 Å². The Kier molecular flexibility index (Phi) is 4.59. The van der Waals surface area contributed by atoms with Gasteiger partial charge in [-0.2, -0.15) is 11.8 Å². The molecular formula is C14H17N3S. The highest BCUT2D eigenvalue weighted by Crippen LogP contribution is 2.20. The summed E-state index contributed by atoms with van der Waals surface area (Å²) in [5.41, 5.74) is 7.82. The molecule has 94 valence electrons. The number of nitrogens with zero attached hydrogens (tertiary/aromatic N) is 2. The van der Waals surface area contributed by atoms with Crippen LogP contribution in [-0.4, -0.2) is 15.7 Å². The molecule has 0 fully saturated rings. The van der Waals surface area contributed by atoms with Crippen LogP contribution in [0.4, 0.5) is 5.82 Å². The fourth-order valence-electron chi connectivity index (χ4n) is 1.65. The van der Waals surface area contributed by atoms with Gasteiger partial charge >= 0.3 is 0 Å². The van der Waals surface area contributed by atoms with Crippen molar-refractivity contribution in [2.24, 2.45) is 0 Å². The number of benzene rings is 1. The number of anilines is 1. The van der Waals surface area contributed by atoms with Gasteiger partial charge in [0, 0.05) is 11.6 Å². The maximum absolute atomic E-state index is 5.84. The van der Waals surface area contributed by atoms with Crippen LogP contribution in [0, 0.1) is 0 Å². The van der Waals surface area contributed by atoms with Gasteiger partial charge in [-0.05, 0) is 12.2 Å². The van der Waals surface area contributed by atoms with Crippen LogP contribution in [0.3, 0.4) is 0 Å². The Bertz CT molecular complexity index is 500. The third-order valence-corrected chi connectivity index (χ3v) is 3.60. The van der Waals surface area contributed by atoms with Gasteiger partial charge in [0.05, 0.1) is 11.4 Å². The number of hydrogen-bond donors (Lipinski definition) is 1. The van der Waals surface area contributed by atoms with E-state index < -0.39 is 0 Å². The van der Waals surface area contributed by atoms with E-state index in [9.17, 15) is 0 Å². The molecule has 0 unspecified atom stereocenters.